The van der Waals surface area contributed by atoms with Gasteiger partial charge in [-0.1, -0.05) is 18.2 Å². The summed E-state index contributed by atoms with van der Waals surface area (Å²) in [7, 11) is 4.69. The summed E-state index contributed by atoms with van der Waals surface area (Å²) in [4.78, 5) is 19.5. The number of methoxy groups -OCH3 is 3. The predicted molar refractivity (Wildman–Crippen MR) is 97.4 cm³/mol. The van der Waals surface area contributed by atoms with Crippen LogP contribution in [0, 0.1) is 0 Å². The average Bonchev–Trinajstić information content (AvgIpc) is 2.65. The molecule has 0 saturated heterocycles. The standard InChI is InChI=1S/C19H18N2O4/c1-23-13-7-4-12(5-8-13)6-9-18-20-15-11-17(25-3)16(24-2)10-14(15)19(22)21-18/h4-11H,1-3H3,(H,20,21,22)/b9-6+. The number of hydrogen-bond acceptors (Lipinski definition) is 5. The first-order valence-electron chi connectivity index (χ1n) is 7.63. The van der Waals surface area contributed by atoms with Gasteiger partial charge in [-0.05, 0) is 29.8 Å². The zero-order valence-electron chi connectivity index (χ0n) is 14.2. The van der Waals surface area contributed by atoms with E-state index in [1.54, 1.807) is 32.4 Å². The van der Waals surface area contributed by atoms with Crippen LogP contribution in [0.2, 0.25) is 0 Å². The molecule has 6 nitrogen and oxygen atoms in total. The van der Waals surface area contributed by atoms with Crippen molar-refractivity contribution < 1.29 is 14.2 Å². The third-order valence-corrected chi connectivity index (χ3v) is 3.78. The Morgan fingerprint density at radius 3 is 2.24 bits per heavy atom. The van der Waals surface area contributed by atoms with Crippen molar-refractivity contribution in [2.45, 2.75) is 0 Å². The first-order chi connectivity index (χ1) is 12.1. The summed E-state index contributed by atoms with van der Waals surface area (Å²) in [5.41, 5.74) is 1.27. The van der Waals surface area contributed by atoms with E-state index in [0.717, 1.165) is 11.3 Å². The van der Waals surface area contributed by atoms with Crippen molar-refractivity contribution in [1.29, 1.82) is 0 Å². The van der Waals surface area contributed by atoms with E-state index in [2.05, 4.69) is 9.97 Å². The number of nitrogens with one attached hydrogen (secondary N) is 1. The second-order valence-electron chi connectivity index (χ2n) is 5.28. The largest absolute Gasteiger partial charge is 0.497 e. The number of hydrogen-bond donors (Lipinski definition) is 1. The molecule has 3 aromatic rings. The van der Waals surface area contributed by atoms with Gasteiger partial charge in [-0.15, -0.1) is 0 Å². The van der Waals surface area contributed by atoms with E-state index in [0.29, 0.717) is 28.2 Å². The second-order valence-corrected chi connectivity index (χ2v) is 5.28. The van der Waals surface area contributed by atoms with Crippen molar-refractivity contribution in [1.82, 2.24) is 9.97 Å². The Kier molecular flexibility index (Phi) is 4.70. The van der Waals surface area contributed by atoms with E-state index in [-0.39, 0.29) is 5.56 Å². The molecule has 1 aromatic heterocycles. The molecule has 1 heterocycles. The van der Waals surface area contributed by atoms with Crippen LogP contribution < -0.4 is 19.8 Å². The van der Waals surface area contributed by atoms with Crippen molar-refractivity contribution in [3.05, 3.63) is 58.1 Å². The van der Waals surface area contributed by atoms with Gasteiger partial charge < -0.3 is 19.2 Å². The smallest absolute Gasteiger partial charge is 0.259 e. The van der Waals surface area contributed by atoms with Crippen LogP contribution in [0.3, 0.4) is 0 Å². The lowest BCUT2D eigenvalue weighted by Gasteiger charge is -2.08. The third-order valence-electron chi connectivity index (χ3n) is 3.78. The summed E-state index contributed by atoms with van der Waals surface area (Å²) in [5, 5.41) is 0.444. The lowest BCUT2D eigenvalue weighted by atomic mass is 10.2. The Morgan fingerprint density at radius 1 is 0.920 bits per heavy atom. The average molecular weight is 338 g/mol. The fourth-order valence-electron chi connectivity index (χ4n) is 2.45. The molecule has 0 aliphatic rings. The van der Waals surface area contributed by atoms with Gasteiger partial charge in [0.2, 0.25) is 0 Å². The first-order valence-corrected chi connectivity index (χ1v) is 7.63. The Hall–Kier alpha value is -3.28. The highest BCUT2D eigenvalue weighted by Crippen LogP contribution is 2.29. The lowest BCUT2D eigenvalue weighted by Crippen LogP contribution is -2.10. The van der Waals surface area contributed by atoms with E-state index in [9.17, 15) is 4.79 Å². The minimum Gasteiger partial charge on any atom is -0.497 e. The first kappa shape index (κ1) is 16.6. The van der Waals surface area contributed by atoms with Crippen LogP contribution >= 0.6 is 0 Å². The van der Waals surface area contributed by atoms with Crippen molar-refractivity contribution in [2.24, 2.45) is 0 Å². The van der Waals surface area contributed by atoms with Gasteiger partial charge in [0, 0.05) is 6.07 Å². The van der Waals surface area contributed by atoms with Crippen LogP contribution in [-0.2, 0) is 0 Å². The van der Waals surface area contributed by atoms with E-state index in [1.165, 1.54) is 7.11 Å². The number of aromatic nitrogens is 2. The third kappa shape index (κ3) is 3.47. The summed E-state index contributed by atoms with van der Waals surface area (Å²) >= 11 is 0. The molecule has 3 rings (SSSR count). The van der Waals surface area contributed by atoms with Crippen LogP contribution in [0.5, 0.6) is 17.2 Å². The SMILES string of the molecule is COc1ccc(/C=C/c2nc3cc(OC)c(OC)cc3c(=O)[nH]2)cc1. The highest BCUT2D eigenvalue weighted by molar-refractivity contribution is 5.83. The quantitative estimate of drug-likeness (QED) is 0.774. The Labute approximate surface area is 144 Å². The van der Waals surface area contributed by atoms with Gasteiger partial charge in [-0.2, -0.15) is 0 Å². The minimum absolute atomic E-state index is 0.236. The molecule has 0 unspecified atom stereocenters. The zero-order chi connectivity index (χ0) is 17.8. The lowest BCUT2D eigenvalue weighted by molar-refractivity contribution is 0.355. The molecule has 128 valence electrons. The van der Waals surface area contributed by atoms with Gasteiger partial charge in [-0.25, -0.2) is 4.98 Å². The summed E-state index contributed by atoms with van der Waals surface area (Å²) in [6.07, 6.45) is 3.61. The molecule has 0 atom stereocenters. The number of nitrogens with zero attached hydrogens (tertiary/aromatic N) is 1. The number of rotatable bonds is 5. The summed E-state index contributed by atoms with van der Waals surface area (Å²) in [6, 6.07) is 10.9. The molecule has 0 radical (unpaired) electrons. The van der Waals surface area contributed by atoms with E-state index in [4.69, 9.17) is 14.2 Å². The normalized spacial score (nSPS) is 11.0. The Morgan fingerprint density at radius 2 is 1.60 bits per heavy atom. The molecule has 2 aromatic carbocycles. The van der Waals surface area contributed by atoms with Crippen LogP contribution in [0.1, 0.15) is 11.4 Å². The summed E-state index contributed by atoms with van der Waals surface area (Å²) in [6.45, 7) is 0. The zero-order valence-corrected chi connectivity index (χ0v) is 14.2. The van der Waals surface area contributed by atoms with E-state index >= 15 is 0 Å². The molecule has 0 bridgehead atoms. The van der Waals surface area contributed by atoms with Crippen LogP contribution in [0.4, 0.5) is 0 Å². The number of benzene rings is 2. The molecule has 0 fully saturated rings. The highest BCUT2D eigenvalue weighted by atomic mass is 16.5. The van der Waals surface area contributed by atoms with Crippen LogP contribution in [0.15, 0.2) is 41.2 Å². The molecular weight excluding hydrogens is 320 g/mol. The topological polar surface area (TPSA) is 73.4 Å². The number of ether oxygens (including phenoxy) is 3. The maximum atomic E-state index is 12.3. The van der Waals surface area contributed by atoms with Gasteiger partial charge in [0.25, 0.3) is 5.56 Å². The molecule has 0 saturated carbocycles. The number of fused-ring (bicyclic) bond motifs is 1. The molecule has 6 heteroatoms. The second kappa shape index (κ2) is 7.09. The fourth-order valence-corrected chi connectivity index (χ4v) is 2.45. The van der Waals surface area contributed by atoms with Gasteiger partial charge in [-0.3, -0.25) is 4.79 Å². The molecule has 0 amide bonds. The van der Waals surface area contributed by atoms with Crippen molar-refractivity contribution in [3.63, 3.8) is 0 Å². The highest BCUT2D eigenvalue weighted by Gasteiger charge is 2.10. The fraction of sp³-hybridized carbons (Fsp3) is 0.158. The Bertz CT molecular complexity index is 975. The van der Waals surface area contributed by atoms with E-state index in [1.807, 2.05) is 30.3 Å². The van der Waals surface area contributed by atoms with Crippen molar-refractivity contribution in [3.8, 4) is 17.2 Å². The molecule has 25 heavy (non-hydrogen) atoms. The molecule has 0 aliphatic carbocycles. The number of aromatic amines is 1. The van der Waals surface area contributed by atoms with Gasteiger partial charge >= 0.3 is 0 Å². The maximum absolute atomic E-state index is 12.3. The minimum atomic E-state index is -0.236. The molecule has 1 N–H and O–H groups in total. The van der Waals surface area contributed by atoms with Crippen molar-refractivity contribution >= 4 is 23.1 Å². The van der Waals surface area contributed by atoms with Crippen molar-refractivity contribution in [2.75, 3.05) is 21.3 Å². The molecular formula is C19H18N2O4. The van der Waals surface area contributed by atoms with Gasteiger partial charge in [0.15, 0.2) is 11.5 Å². The Balaban J connectivity index is 1.99. The maximum Gasteiger partial charge on any atom is 0.259 e. The predicted octanol–water partition coefficient (Wildman–Crippen LogP) is 3.12. The van der Waals surface area contributed by atoms with Gasteiger partial charge in [0.1, 0.15) is 11.6 Å². The monoisotopic (exact) mass is 338 g/mol. The molecule has 0 aliphatic heterocycles. The number of H-pyrrole nitrogens is 1. The summed E-state index contributed by atoms with van der Waals surface area (Å²) < 4.78 is 15.6. The van der Waals surface area contributed by atoms with Crippen LogP contribution in [0.25, 0.3) is 23.1 Å². The summed E-state index contributed by atoms with van der Waals surface area (Å²) in [5.74, 6) is 2.26. The van der Waals surface area contributed by atoms with E-state index < -0.39 is 0 Å². The van der Waals surface area contributed by atoms with Gasteiger partial charge in [0.05, 0.1) is 32.2 Å². The van der Waals surface area contributed by atoms with Crippen LogP contribution in [-0.4, -0.2) is 31.3 Å². The molecule has 0 spiro atoms.